The minimum absolute atomic E-state index is 0.0603. The van der Waals surface area contributed by atoms with Crippen molar-refractivity contribution in [2.75, 3.05) is 19.3 Å². The van der Waals surface area contributed by atoms with Gasteiger partial charge in [-0.25, -0.2) is 26.6 Å². The van der Waals surface area contributed by atoms with Crippen LogP contribution in [0.5, 0.6) is 0 Å². The maximum Gasteiger partial charge on any atom is 0.410 e. The number of rotatable bonds is 5. The maximum atomic E-state index is 12.7. The molecule has 1 aliphatic rings. The lowest BCUT2D eigenvalue weighted by Gasteiger charge is -2.32. The van der Waals surface area contributed by atoms with E-state index >= 15 is 0 Å². The van der Waals surface area contributed by atoms with E-state index < -0.39 is 25.3 Å². The summed E-state index contributed by atoms with van der Waals surface area (Å²) in [5.41, 5.74) is -0.0684. The van der Waals surface area contributed by atoms with Crippen molar-refractivity contribution in [2.24, 2.45) is 0 Å². The first-order valence-electron chi connectivity index (χ1n) is 10.2. The molecule has 0 aliphatic carbocycles. The molecule has 1 aromatic heterocycles. The monoisotopic (exact) mass is 500 g/mol. The molecule has 176 valence electrons. The second-order valence-corrected chi connectivity index (χ2v) is 13.8. The van der Waals surface area contributed by atoms with E-state index in [0.29, 0.717) is 18.8 Å². The maximum absolute atomic E-state index is 12.7. The van der Waals surface area contributed by atoms with Gasteiger partial charge in [0.05, 0.1) is 26.2 Å². The molecule has 0 unspecified atom stereocenters. The SMILES string of the molecule is CC(C)(C)OC(=O)N1CCC(c2nc(CS(=O)(=O)c3ccc(S(C)(=O)=O)cc3)cs2)CC1. The Balaban J connectivity index is 1.62. The number of aromatic nitrogens is 1. The molecule has 0 N–H and O–H groups in total. The van der Waals surface area contributed by atoms with Gasteiger partial charge in [0, 0.05) is 30.6 Å². The number of thiazole rings is 1. The Kier molecular flexibility index (Phi) is 7.02. The van der Waals surface area contributed by atoms with Crippen LogP contribution in [0.3, 0.4) is 0 Å². The standard InChI is InChI=1S/C21H28N2O6S3/c1-21(2,3)29-20(24)23-11-9-15(10-12-23)19-22-16(13-30-19)14-32(27,28)18-7-5-17(6-8-18)31(4,25)26/h5-8,13,15H,9-12,14H2,1-4H3. The van der Waals surface area contributed by atoms with Crippen LogP contribution in [-0.4, -0.2) is 57.8 Å². The lowest BCUT2D eigenvalue weighted by atomic mass is 9.98. The fourth-order valence-corrected chi connectivity index (χ4v) is 6.37. The minimum atomic E-state index is -3.65. The molecule has 32 heavy (non-hydrogen) atoms. The van der Waals surface area contributed by atoms with Gasteiger partial charge in [-0.05, 0) is 57.9 Å². The zero-order chi connectivity index (χ0) is 23.7. The molecular weight excluding hydrogens is 472 g/mol. The average molecular weight is 501 g/mol. The number of likely N-dealkylation sites (tertiary alicyclic amines) is 1. The number of carbonyl (C=O) groups is 1. The summed E-state index contributed by atoms with van der Waals surface area (Å²) in [4.78, 5) is 18.6. The third-order valence-electron chi connectivity index (χ3n) is 5.01. The zero-order valence-corrected chi connectivity index (χ0v) is 21.0. The summed E-state index contributed by atoms with van der Waals surface area (Å²) in [6.07, 6.45) is 2.24. The molecule has 0 atom stereocenters. The summed E-state index contributed by atoms with van der Waals surface area (Å²) < 4.78 is 54.0. The highest BCUT2D eigenvalue weighted by molar-refractivity contribution is 7.91. The van der Waals surface area contributed by atoms with Crippen molar-refractivity contribution >= 4 is 37.1 Å². The van der Waals surface area contributed by atoms with E-state index in [1.165, 1.54) is 35.6 Å². The van der Waals surface area contributed by atoms with Gasteiger partial charge in [0.2, 0.25) is 0 Å². The number of carbonyl (C=O) groups excluding carboxylic acids is 1. The molecule has 2 aromatic rings. The minimum Gasteiger partial charge on any atom is -0.444 e. The number of ether oxygens (including phenoxy) is 1. The second-order valence-electron chi connectivity index (χ2n) is 8.92. The van der Waals surface area contributed by atoms with E-state index in [2.05, 4.69) is 4.98 Å². The predicted molar refractivity (Wildman–Crippen MR) is 122 cm³/mol. The van der Waals surface area contributed by atoms with Crippen molar-refractivity contribution in [1.82, 2.24) is 9.88 Å². The third-order valence-corrected chi connectivity index (χ3v) is 8.87. The van der Waals surface area contributed by atoms with Gasteiger partial charge in [-0.2, -0.15) is 0 Å². The Morgan fingerprint density at radius 2 is 1.66 bits per heavy atom. The second kappa shape index (κ2) is 9.11. The number of sulfone groups is 2. The Hall–Kier alpha value is -1.98. The molecule has 0 saturated carbocycles. The summed E-state index contributed by atoms with van der Waals surface area (Å²) in [6.45, 7) is 6.65. The van der Waals surface area contributed by atoms with Crippen molar-refractivity contribution in [2.45, 2.75) is 60.7 Å². The van der Waals surface area contributed by atoms with E-state index in [4.69, 9.17) is 4.74 Å². The van der Waals surface area contributed by atoms with Gasteiger partial charge < -0.3 is 9.64 Å². The van der Waals surface area contributed by atoms with Crippen molar-refractivity contribution in [3.8, 4) is 0 Å². The molecule has 1 fully saturated rings. The summed E-state index contributed by atoms with van der Waals surface area (Å²) in [5.74, 6) is -0.0810. The van der Waals surface area contributed by atoms with Crippen LogP contribution in [-0.2, 0) is 30.2 Å². The van der Waals surface area contributed by atoms with Crippen LogP contribution in [0, 0.1) is 0 Å². The number of hydrogen-bond donors (Lipinski definition) is 0. The Labute approximate surface area is 193 Å². The van der Waals surface area contributed by atoms with Crippen LogP contribution in [0.4, 0.5) is 4.79 Å². The molecule has 1 aliphatic heterocycles. The highest BCUT2D eigenvalue weighted by atomic mass is 32.2. The van der Waals surface area contributed by atoms with Crippen LogP contribution >= 0.6 is 11.3 Å². The molecular formula is C21H28N2O6S3. The van der Waals surface area contributed by atoms with Gasteiger partial charge in [-0.15, -0.1) is 11.3 Å². The fraction of sp³-hybridized carbons (Fsp3) is 0.524. The molecule has 3 rings (SSSR count). The van der Waals surface area contributed by atoms with Crippen molar-refractivity contribution < 1.29 is 26.4 Å². The van der Waals surface area contributed by atoms with E-state index in [1.54, 1.807) is 10.3 Å². The smallest absolute Gasteiger partial charge is 0.410 e. The lowest BCUT2D eigenvalue weighted by molar-refractivity contribution is 0.0204. The summed E-state index contributed by atoms with van der Waals surface area (Å²) >= 11 is 1.43. The summed E-state index contributed by atoms with van der Waals surface area (Å²) in [5, 5.41) is 2.62. The number of benzene rings is 1. The van der Waals surface area contributed by atoms with Gasteiger partial charge in [-0.1, -0.05) is 0 Å². The quantitative estimate of drug-likeness (QED) is 0.616. The molecule has 0 radical (unpaired) electrons. The van der Waals surface area contributed by atoms with E-state index in [-0.39, 0.29) is 27.6 Å². The first kappa shape index (κ1) is 24.7. The van der Waals surface area contributed by atoms with Crippen LogP contribution in [0.25, 0.3) is 0 Å². The number of nitrogens with zero attached hydrogens (tertiary/aromatic N) is 2. The highest BCUT2D eigenvalue weighted by Gasteiger charge is 2.29. The van der Waals surface area contributed by atoms with Crippen molar-refractivity contribution in [1.29, 1.82) is 0 Å². The molecule has 8 nitrogen and oxygen atoms in total. The number of hydrogen-bond acceptors (Lipinski definition) is 8. The molecule has 1 saturated heterocycles. The molecule has 11 heteroatoms. The lowest BCUT2D eigenvalue weighted by Crippen LogP contribution is -2.41. The van der Waals surface area contributed by atoms with E-state index in [0.717, 1.165) is 24.1 Å². The van der Waals surface area contributed by atoms with Crippen LogP contribution in [0.15, 0.2) is 39.4 Å². The Bertz CT molecular complexity index is 1170. The van der Waals surface area contributed by atoms with Crippen molar-refractivity contribution in [3.05, 3.63) is 40.3 Å². The molecule has 0 spiro atoms. The first-order valence-corrected chi connectivity index (χ1v) is 14.6. The van der Waals surface area contributed by atoms with Crippen LogP contribution < -0.4 is 0 Å². The number of amides is 1. The largest absolute Gasteiger partial charge is 0.444 e. The zero-order valence-electron chi connectivity index (χ0n) is 18.6. The van der Waals surface area contributed by atoms with Gasteiger partial charge in [0.25, 0.3) is 0 Å². The molecule has 2 heterocycles. The van der Waals surface area contributed by atoms with Crippen LogP contribution in [0.1, 0.15) is 50.2 Å². The third kappa shape index (κ3) is 6.29. The highest BCUT2D eigenvalue weighted by Crippen LogP contribution is 2.31. The Morgan fingerprint density at radius 1 is 1.09 bits per heavy atom. The normalized spacial score (nSPS) is 16.2. The molecule has 0 bridgehead atoms. The van der Waals surface area contributed by atoms with E-state index in [1.807, 2.05) is 20.8 Å². The predicted octanol–water partition coefficient (Wildman–Crippen LogP) is 3.64. The van der Waals surface area contributed by atoms with Crippen LogP contribution in [0.2, 0.25) is 0 Å². The fourth-order valence-electron chi connectivity index (χ4n) is 3.38. The summed E-state index contributed by atoms with van der Waals surface area (Å²) in [7, 11) is -7.04. The topological polar surface area (TPSA) is 111 Å². The van der Waals surface area contributed by atoms with Gasteiger partial charge in [-0.3, -0.25) is 0 Å². The summed E-state index contributed by atoms with van der Waals surface area (Å²) in [6, 6.07) is 5.22. The number of piperidine rings is 1. The van der Waals surface area contributed by atoms with E-state index in [9.17, 15) is 21.6 Å². The van der Waals surface area contributed by atoms with Gasteiger partial charge >= 0.3 is 6.09 Å². The van der Waals surface area contributed by atoms with Gasteiger partial charge in [0.1, 0.15) is 5.60 Å². The Morgan fingerprint density at radius 3 is 2.19 bits per heavy atom. The van der Waals surface area contributed by atoms with Gasteiger partial charge in [0.15, 0.2) is 19.7 Å². The molecule has 1 aromatic carbocycles. The van der Waals surface area contributed by atoms with Crippen molar-refractivity contribution in [3.63, 3.8) is 0 Å². The first-order chi connectivity index (χ1) is 14.7. The molecule has 1 amide bonds. The average Bonchev–Trinajstić information content (AvgIpc) is 3.14.